The minimum Gasteiger partial charge on any atom is -0.0616 e. The molecule has 0 aromatic heterocycles. The monoisotopic (exact) mass is 602 g/mol. The van der Waals surface area contributed by atoms with Crippen molar-refractivity contribution in [3.05, 3.63) is 108 Å². The summed E-state index contributed by atoms with van der Waals surface area (Å²) in [6, 6.07) is 37.7. The lowest BCUT2D eigenvalue weighted by atomic mass is 9.71. The SMILES string of the molecule is CC(C)(C)CC(C)(C)c1ccc2c3ccccc3c3cc4c5cc(C(C)(C)CC(C)(C)C)ccc5c5ccccc5c4cc3c2c1. The summed E-state index contributed by atoms with van der Waals surface area (Å²) in [5, 5.41) is 16.1. The summed E-state index contributed by atoms with van der Waals surface area (Å²) in [5.41, 5.74) is 3.48. The second-order valence-corrected chi connectivity index (χ2v) is 17.8. The number of hydrogen-bond acceptors (Lipinski definition) is 0. The molecule has 0 radical (unpaired) electrons. The van der Waals surface area contributed by atoms with Gasteiger partial charge in [0.05, 0.1) is 0 Å². The minimum absolute atomic E-state index is 0.0699. The van der Waals surface area contributed by atoms with E-state index in [1.807, 2.05) is 0 Å². The zero-order valence-corrected chi connectivity index (χ0v) is 29.7. The van der Waals surface area contributed by atoms with Gasteiger partial charge in [0.25, 0.3) is 0 Å². The first-order chi connectivity index (χ1) is 21.5. The van der Waals surface area contributed by atoms with E-state index < -0.39 is 0 Å². The quantitative estimate of drug-likeness (QED) is 0.139. The van der Waals surface area contributed by atoms with Crippen molar-refractivity contribution in [2.24, 2.45) is 10.8 Å². The van der Waals surface area contributed by atoms with Crippen molar-refractivity contribution in [3.63, 3.8) is 0 Å². The molecule has 46 heavy (non-hydrogen) atoms. The molecule has 7 aromatic carbocycles. The molecule has 0 aliphatic heterocycles. The van der Waals surface area contributed by atoms with Crippen molar-refractivity contribution in [2.45, 2.75) is 92.9 Å². The van der Waals surface area contributed by atoms with Crippen LogP contribution in [0, 0.1) is 10.8 Å². The Morgan fingerprint density at radius 1 is 0.304 bits per heavy atom. The van der Waals surface area contributed by atoms with Crippen LogP contribution in [0.1, 0.15) is 93.2 Å². The highest BCUT2D eigenvalue weighted by Gasteiger charge is 2.29. The van der Waals surface area contributed by atoms with Gasteiger partial charge in [-0.1, -0.05) is 142 Å². The van der Waals surface area contributed by atoms with Crippen LogP contribution >= 0.6 is 0 Å². The van der Waals surface area contributed by atoms with Crippen LogP contribution in [0.5, 0.6) is 0 Å². The second-order valence-electron chi connectivity index (χ2n) is 17.8. The number of hydrogen-bond donors (Lipinski definition) is 0. The standard InChI is InChI=1S/C46H50/c1-43(2,3)27-45(7,8)29-19-21-35-31-15-11-13-17-33(31)39-26-42-38-24-30(46(9,10)28-44(4,5)6)20-22-36(38)32-16-12-14-18-34(32)40(42)25-41(39)37(35)23-29/h11-26H,27-28H2,1-10H3. The highest BCUT2D eigenvalue weighted by Crippen LogP contribution is 2.45. The van der Waals surface area contributed by atoms with Gasteiger partial charge < -0.3 is 0 Å². The largest absolute Gasteiger partial charge is 0.0616 e. The Bertz CT molecular complexity index is 2150. The molecule has 0 aliphatic carbocycles. The molecule has 0 N–H and O–H groups in total. The average molecular weight is 603 g/mol. The Kier molecular flexibility index (Phi) is 6.88. The summed E-state index contributed by atoms with van der Waals surface area (Å²) in [6.45, 7) is 23.8. The van der Waals surface area contributed by atoms with Gasteiger partial charge in [-0.15, -0.1) is 0 Å². The lowest BCUT2D eigenvalue weighted by molar-refractivity contribution is 0.284. The summed E-state index contributed by atoms with van der Waals surface area (Å²) >= 11 is 0. The van der Waals surface area contributed by atoms with E-state index >= 15 is 0 Å². The van der Waals surface area contributed by atoms with Gasteiger partial charge >= 0.3 is 0 Å². The summed E-state index contributed by atoms with van der Waals surface area (Å²) in [4.78, 5) is 0. The third-order valence-corrected chi connectivity index (χ3v) is 10.3. The fraction of sp³-hybridized carbons (Fsp3) is 0.348. The maximum Gasteiger partial charge on any atom is -0.00922 e. The van der Waals surface area contributed by atoms with E-state index in [4.69, 9.17) is 0 Å². The van der Waals surface area contributed by atoms with E-state index in [0.717, 1.165) is 12.8 Å². The van der Waals surface area contributed by atoms with Gasteiger partial charge in [0.2, 0.25) is 0 Å². The van der Waals surface area contributed by atoms with Crippen molar-refractivity contribution in [1.82, 2.24) is 0 Å². The predicted molar refractivity (Wildman–Crippen MR) is 206 cm³/mol. The molecular formula is C46H50. The van der Waals surface area contributed by atoms with Gasteiger partial charge in [0.15, 0.2) is 0 Å². The van der Waals surface area contributed by atoms with Crippen LogP contribution < -0.4 is 0 Å². The van der Waals surface area contributed by atoms with Gasteiger partial charge in [0, 0.05) is 0 Å². The van der Waals surface area contributed by atoms with Crippen molar-refractivity contribution in [1.29, 1.82) is 0 Å². The minimum atomic E-state index is 0.0699. The molecular weight excluding hydrogens is 553 g/mol. The average Bonchev–Trinajstić information content (AvgIpc) is 2.98. The molecule has 0 bridgehead atoms. The normalized spacial score (nSPS) is 13.6. The molecule has 0 heterocycles. The Morgan fingerprint density at radius 2 is 0.565 bits per heavy atom. The van der Waals surface area contributed by atoms with Crippen LogP contribution in [0.25, 0.3) is 64.6 Å². The van der Waals surface area contributed by atoms with E-state index in [1.165, 1.54) is 75.8 Å². The first-order valence-corrected chi connectivity index (χ1v) is 17.2. The molecule has 234 valence electrons. The predicted octanol–water partition coefficient (Wildman–Crippen LogP) is 14.0. The smallest absolute Gasteiger partial charge is 0.00922 e. The van der Waals surface area contributed by atoms with E-state index in [9.17, 15) is 0 Å². The lowest BCUT2D eigenvalue weighted by Crippen LogP contribution is -2.24. The van der Waals surface area contributed by atoms with Gasteiger partial charge in [-0.3, -0.25) is 0 Å². The molecule has 0 nitrogen and oxygen atoms in total. The second kappa shape index (κ2) is 10.3. The van der Waals surface area contributed by atoms with Crippen molar-refractivity contribution >= 4 is 64.6 Å². The van der Waals surface area contributed by atoms with Crippen molar-refractivity contribution in [2.75, 3.05) is 0 Å². The Labute approximate surface area is 275 Å². The van der Waals surface area contributed by atoms with E-state index in [1.54, 1.807) is 0 Å². The zero-order valence-electron chi connectivity index (χ0n) is 29.7. The van der Waals surface area contributed by atoms with Crippen LogP contribution in [-0.2, 0) is 10.8 Å². The molecule has 7 rings (SSSR count). The molecule has 0 saturated carbocycles. The van der Waals surface area contributed by atoms with Crippen LogP contribution in [0.4, 0.5) is 0 Å². The van der Waals surface area contributed by atoms with Gasteiger partial charge in [-0.05, 0) is 135 Å². The summed E-state index contributed by atoms with van der Waals surface area (Å²) in [6.07, 6.45) is 2.26. The molecule has 0 heteroatoms. The number of fused-ring (bicyclic) bond motifs is 12. The maximum absolute atomic E-state index is 2.52. The molecule has 0 atom stereocenters. The first kappa shape index (κ1) is 30.7. The Hall–Kier alpha value is -3.90. The van der Waals surface area contributed by atoms with Crippen LogP contribution in [-0.4, -0.2) is 0 Å². The Balaban J connectivity index is 1.62. The van der Waals surface area contributed by atoms with Crippen LogP contribution in [0.15, 0.2) is 97.1 Å². The molecule has 0 spiro atoms. The lowest BCUT2D eigenvalue weighted by Gasteiger charge is -2.33. The molecule has 0 aliphatic rings. The third kappa shape index (κ3) is 5.25. The summed E-state index contributed by atoms with van der Waals surface area (Å²) in [7, 11) is 0. The van der Waals surface area contributed by atoms with Gasteiger partial charge in [0.1, 0.15) is 0 Å². The van der Waals surface area contributed by atoms with E-state index in [2.05, 4.69) is 166 Å². The topological polar surface area (TPSA) is 0 Å². The number of benzene rings is 7. The maximum atomic E-state index is 2.52. The van der Waals surface area contributed by atoms with Gasteiger partial charge in [-0.25, -0.2) is 0 Å². The summed E-state index contributed by atoms with van der Waals surface area (Å²) in [5.74, 6) is 0. The summed E-state index contributed by atoms with van der Waals surface area (Å²) < 4.78 is 0. The molecule has 0 amide bonds. The van der Waals surface area contributed by atoms with Crippen molar-refractivity contribution < 1.29 is 0 Å². The van der Waals surface area contributed by atoms with E-state index in [0.29, 0.717) is 0 Å². The third-order valence-electron chi connectivity index (χ3n) is 10.3. The molecule has 7 aromatic rings. The fourth-order valence-corrected chi connectivity index (χ4v) is 9.10. The van der Waals surface area contributed by atoms with Crippen LogP contribution in [0.3, 0.4) is 0 Å². The fourth-order valence-electron chi connectivity index (χ4n) is 9.10. The number of rotatable bonds is 4. The molecule has 0 unspecified atom stereocenters. The molecule has 0 fully saturated rings. The highest BCUT2D eigenvalue weighted by atomic mass is 14.3. The van der Waals surface area contributed by atoms with Gasteiger partial charge in [-0.2, -0.15) is 0 Å². The van der Waals surface area contributed by atoms with Crippen LogP contribution in [0.2, 0.25) is 0 Å². The zero-order chi connectivity index (χ0) is 32.8. The highest BCUT2D eigenvalue weighted by molar-refractivity contribution is 6.33. The molecule has 0 saturated heterocycles. The van der Waals surface area contributed by atoms with Crippen molar-refractivity contribution in [3.8, 4) is 0 Å². The first-order valence-electron chi connectivity index (χ1n) is 17.2. The Morgan fingerprint density at radius 3 is 0.891 bits per heavy atom. The van der Waals surface area contributed by atoms with E-state index in [-0.39, 0.29) is 21.7 Å².